The van der Waals surface area contributed by atoms with Crippen LogP contribution in [0.5, 0.6) is 5.75 Å². The summed E-state index contributed by atoms with van der Waals surface area (Å²) in [5.74, 6) is 0.945. The van der Waals surface area contributed by atoms with Crippen molar-refractivity contribution in [2.24, 2.45) is 0 Å². The zero-order chi connectivity index (χ0) is 15.5. The van der Waals surface area contributed by atoms with Crippen molar-refractivity contribution in [2.45, 2.75) is 58.2 Å². The second-order valence-electron chi connectivity index (χ2n) is 6.88. The third-order valence-corrected chi connectivity index (χ3v) is 4.98. The second kappa shape index (κ2) is 6.37. The molecule has 1 aromatic carbocycles. The first-order valence-corrected chi connectivity index (χ1v) is 8.08. The van der Waals surface area contributed by atoms with Crippen LogP contribution in [0.3, 0.4) is 0 Å². The van der Waals surface area contributed by atoms with Gasteiger partial charge >= 0.3 is 0 Å². The van der Waals surface area contributed by atoms with Crippen molar-refractivity contribution in [3.63, 3.8) is 0 Å². The standard InChI is InChI=1S/C18H30N2O/c1-6-18(7-2)13-19-17(3,4)14-20(18)12-15-9-8-10-16(11-15)21-5/h8-11,19H,6-7,12-14H2,1-5H3. The minimum Gasteiger partial charge on any atom is -0.497 e. The summed E-state index contributed by atoms with van der Waals surface area (Å²) in [7, 11) is 1.73. The van der Waals surface area contributed by atoms with Gasteiger partial charge in [-0.1, -0.05) is 26.0 Å². The van der Waals surface area contributed by atoms with E-state index in [9.17, 15) is 0 Å². The molecule has 1 aromatic rings. The Kier molecular flexibility index (Phi) is 4.95. The predicted molar refractivity (Wildman–Crippen MR) is 88.8 cm³/mol. The monoisotopic (exact) mass is 290 g/mol. The van der Waals surface area contributed by atoms with Crippen molar-refractivity contribution in [2.75, 3.05) is 20.2 Å². The van der Waals surface area contributed by atoms with E-state index in [1.165, 1.54) is 18.4 Å². The van der Waals surface area contributed by atoms with Gasteiger partial charge < -0.3 is 10.1 Å². The molecule has 118 valence electrons. The molecular weight excluding hydrogens is 260 g/mol. The maximum absolute atomic E-state index is 5.36. The predicted octanol–water partition coefficient (Wildman–Crippen LogP) is 3.44. The lowest BCUT2D eigenvalue weighted by molar-refractivity contribution is 0.00230. The first-order chi connectivity index (χ1) is 9.94. The minimum atomic E-state index is 0.173. The summed E-state index contributed by atoms with van der Waals surface area (Å²) in [4.78, 5) is 2.66. The lowest BCUT2D eigenvalue weighted by Crippen LogP contribution is -2.67. The van der Waals surface area contributed by atoms with Crippen molar-refractivity contribution < 1.29 is 4.74 Å². The van der Waals surface area contributed by atoms with Crippen molar-refractivity contribution in [3.05, 3.63) is 29.8 Å². The molecule has 3 heteroatoms. The van der Waals surface area contributed by atoms with Gasteiger partial charge in [-0.05, 0) is 44.4 Å². The van der Waals surface area contributed by atoms with Crippen LogP contribution in [0.25, 0.3) is 0 Å². The van der Waals surface area contributed by atoms with Crippen LogP contribution in [-0.4, -0.2) is 36.2 Å². The number of hydrogen-bond donors (Lipinski definition) is 1. The molecule has 1 saturated heterocycles. The van der Waals surface area contributed by atoms with Crippen LogP contribution < -0.4 is 10.1 Å². The second-order valence-corrected chi connectivity index (χ2v) is 6.88. The zero-order valence-electron chi connectivity index (χ0n) is 14.2. The maximum Gasteiger partial charge on any atom is 0.119 e. The summed E-state index contributed by atoms with van der Waals surface area (Å²) >= 11 is 0. The third-order valence-electron chi connectivity index (χ3n) is 4.98. The van der Waals surface area contributed by atoms with Gasteiger partial charge in [-0.3, -0.25) is 4.90 Å². The Bertz CT molecular complexity index is 466. The quantitative estimate of drug-likeness (QED) is 0.899. The van der Waals surface area contributed by atoms with Crippen LogP contribution in [-0.2, 0) is 6.54 Å². The fourth-order valence-electron chi connectivity index (χ4n) is 3.38. The van der Waals surface area contributed by atoms with Crippen molar-refractivity contribution in [1.82, 2.24) is 10.2 Å². The SMILES string of the molecule is CCC1(CC)CNC(C)(C)CN1Cc1cccc(OC)c1. The number of methoxy groups -OCH3 is 1. The van der Waals surface area contributed by atoms with Gasteiger partial charge in [0.05, 0.1) is 7.11 Å². The summed E-state index contributed by atoms with van der Waals surface area (Å²) in [6.07, 6.45) is 2.35. The molecule has 0 spiro atoms. The Morgan fingerprint density at radius 2 is 1.95 bits per heavy atom. The Morgan fingerprint density at radius 1 is 1.24 bits per heavy atom. The van der Waals surface area contributed by atoms with E-state index < -0.39 is 0 Å². The van der Waals surface area contributed by atoms with E-state index >= 15 is 0 Å². The smallest absolute Gasteiger partial charge is 0.119 e. The molecule has 0 bridgehead atoms. The van der Waals surface area contributed by atoms with E-state index in [0.717, 1.165) is 25.4 Å². The van der Waals surface area contributed by atoms with Gasteiger partial charge in [0.15, 0.2) is 0 Å². The summed E-state index contributed by atoms with van der Waals surface area (Å²) in [5, 5.41) is 3.72. The number of nitrogens with one attached hydrogen (secondary N) is 1. The van der Waals surface area contributed by atoms with Crippen LogP contribution in [0.1, 0.15) is 46.1 Å². The molecule has 0 aromatic heterocycles. The van der Waals surface area contributed by atoms with Gasteiger partial charge in [0.25, 0.3) is 0 Å². The van der Waals surface area contributed by atoms with Gasteiger partial charge in [0, 0.05) is 30.7 Å². The first-order valence-electron chi connectivity index (χ1n) is 8.08. The third kappa shape index (κ3) is 3.58. The molecule has 0 amide bonds. The van der Waals surface area contributed by atoms with Gasteiger partial charge in [0.1, 0.15) is 5.75 Å². The van der Waals surface area contributed by atoms with Crippen LogP contribution in [0.2, 0.25) is 0 Å². The van der Waals surface area contributed by atoms with E-state index in [-0.39, 0.29) is 11.1 Å². The largest absolute Gasteiger partial charge is 0.497 e. The highest BCUT2D eigenvalue weighted by Gasteiger charge is 2.41. The molecule has 0 radical (unpaired) electrons. The number of rotatable bonds is 5. The lowest BCUT2D eigenvalue weighted by Gasteiger charge is -2.52. The maximum atomic E-state index is 5.36. The molecule has 0 saturated carbocycles. The molecule has 1 heterocycles. The van der Waals surface area contributed by atoms with Gasteiger partial charge in [0.2, 0.25) is 0 Å². The molecule has 0 atom stereocenters. The van der Waals surface area contributed by atoms with E-state index in [1.54, 1.807) is 7.11 Å². The summed E-state index contributed by atoms with van der Waals surface area (Å²) in [6.45, 7) is 12.3. The van der Waals surface area contributed by atoms with Gasteiger partial charge in [-0.15, -0.1) is 0 Å². The van der Waals surface area contributed by atoms with Crippen molar-refractivity contribution in [1.29, 1.82) is 0 Å². The van der Waals surface area contributed by atoms with Crippen molar-refractivity contribution >= 4 is 0 Å². The van der Waals surface area contributed by atoms with Crippen LogP contribution in [0.4, 0.5) is 0 Å². The summed E-state index contributed by atoms with van der Waals surface area (Å²) in [6, 6.07) is 8.46. The Labute approximate surface area is 129 Å². The molecule has 21 heavy (non-hydrogen) atoms. The molecule has 3 nitrogen and oxygen atoms in total. The zero-order valence-corrected chi connectivity index (χ0v) is 14.2. The lowest BCUT2D eigenvalue weighted by atomic mass is 9.84. The van der Waals surface area contributed by atoms with E-state index in [4.69, 9.17) is 4.74 Å². The molecule has 1 aliphatic heterocycles. The summed E-state index contributed by atoms with van der Waals surface area (Å²) in [5.41, 5.74) is 1.77. The average molecular weight is 290 g/mol. The van der Waals surface area contributed by atoms with Crippen LogP contribution in [0, 0.1) is 0 Å². The fraction of sp³-hybridized carbons (Fsp3) is 0.667. The van der Waals surface area contributed by atoms with E-state index in [0.29, 0.717) is 0 Å². The molecule has 1 fully saturated rings. The molecule has 2 rings (SSSR count). The molecule has 1 N–H and O–H groups in total. The Hall–Kier alpha value is -1.06. The summed E-state index contributed by atoms with van der Waals surface area (Å²) < 4.78 is 5.36. The first kappa shape index (κ1) is 16.3. The van der Waals surface area contributed by atoms with E-state index in [2.05, 4.69) is 56.1 Å². The minimum absolute atomic E-state index is 0.173. The number of hydrogen-bond acceptors (Lipinski definition) is 3. The molecule has 0 aliphatic carbocycles. The highest BCUT2D eigenvalue weighted by Crippen LogP contribution is 2.31. The number of ether oxygens (including phenoxy) is 1. The van der Waals surface area contributed by atoms with Crippen LogP contribution >= 0.6 is 0 Å². The molecular formula is C18H30N2O. The number of benzene rings is 1. The Morgan fingerprint density at radius 3 is 2.57 bits per heavy atom. The Balaban J connectivity index is 2.23. The fourth-order valence-corrected chi connectivity index (χ4v) is 3.38. The van der Waals surface area contributed by atoms with Crippen LogP contribution in [0.15, 0.2) is 24.3 Å². The molecule has 0 unspecified atom stereocenters. The molecule has 1 aliphatic rings. The van der Waals surface area contributed by atoms with E-state index in [1.807, 2.05) is 6.07 Å². The highest BCUT2D eigenvalue weighted by atomic mass is 16.5. The number of nitrogens with zero attached hydrogens (tertiary/aromatic N) is 1. The van der Waals surface area contributed by atoms with Gasteiger partial charge in [-0.2, -0.15) is 0 Å². The topological polar surface area (TPSA) is 24.5 Å². The van der Waals surface area contributed by atoms with Gasteiger partial charge in [-0.25, -0.2) is 0 Å². The average Bonchev–Trinajstić information content (AvgIpc) is 2.48. The number of piperazine rings is 1. The highest BCUT2D eigenvalue weighted by molar-refractivity contribution is 5.28. The normalized spacial score (nSPS) is 21.2. The van der Waals surface area contributed by atoms with Crippen molar-refractivity contribution in [3.8, 4) is 5.75 Å².